The summed E-state index contributed by atoms with van der Waals surface area (Å²) in [6, 6.07) is 21.3. The number of hydrogen-bond acceptors (Lipinski definition) is 8. The summed E-state index contributed by atoms with van der Waals surface area (Å²) in [4.78, 5) is 34.8. The standard InChI is InChI=1S/C31H30O8/c1-3-29(32)38-21-6-5-20-36-26-13-11-24(12-14-26)23-7-9-25(10-8-23)31(34)39-28-17-15-27(16-18-28)37-22-19-30(33)35-4-2/h3-4,7-18H,1-2,5-6,19-22H2. The van der Waals surface area contributed by atoms with E-state index in [-0.39, 0.29) is 13.0 Å². The molecule has 0 N–H and O–H groups in total. The Hall–Kier alpha value is -4.85. The van der Waals surface area contributed by atoms with Crippen molar-refractivity contribution in [2.75, 3.05) is 19.8 Å². The first kappa shape index (κ1) is 28.7. The minimum Gasteiger partial charge on any atom is -0.494 e. The Kier molecular flexibility index (Phi) is 11.3. The molecule has 3 aromatic rings. The molecule has 0 aliphatic carbocycles. The maximum atomic E-state index is 12.6. The first-order valence-corrected chi connectivity index (χ1v) is 12.4. The molecule has 0 saturated carbocycles. The first-order chi connectivity index (χ1) is 19.0. The van der Waals surface area contributed by atoms with E-state index >= 15 is 0 Å². The van der Waals surface area contributed by atoms with Gasteiger partial charge < -0.3 is 23.7 Å². The molecule has 39 heavy (non-hydrogen) atoms. The van der Waals surface area contributed by atoms with Crippen LogP contribution < -0.4 is 14.2 Å². The average molecular weight is 531 g/mol. The van der Waals surface area contributed by atoms with Crippen molar-refractivity contribution >= 4 is 17.9 Å². The van der Waals surface area contributed by atoms with E-state index in [0.29, 0.717) is 36.7 Å². The van der Waals surface area contributed by atoms with Gasteiger partial charge in [-0.3, -0.25) is 4.79 Å². The molecule has 0 spiro atoms. The van der Waals surface area contributed by atoms with Crippen molar-refractivity contribution in [2.24, 2.45) is 0 Å². The minimum atomic E-state index is -0.481. The van der Waals surface area contributed by atoms with E-state index in [1.807, 2.05) is 36.4 Å². The number of rotatable bonds is 15. The monoisotopic (exact) mass is 530 g/mol. The van der Waals surface area contributed by atoms with Gasteiger partial charge in [-0.15, -0.1) is 0 Å². The average Bonchev–Trinajstić information content (AvgIpc) is 2.96. The second-order valence-corrected chi connectivity index (χ2v) is 8.14. The topological polar surface area (TPSA) is 97.4 Å². The number of hydrogen-bond donors (Lipinski definition) is 0. The Balaban J connectivity index is 1.43. The molecule has 202 valence electrons. The normalized spacial score (nSPS) is 10.2. The van der Waals surface area contributed by atoms with Crippen LogP contribution in [0.4, 0.5) is 0 Å². The minimum absolute atomic E-state index is 0.0919. The third-order valence-electron chi connectivity index (χ3n) is 5.35. The number of carbonyl (C=O) groups is 3. The van der Waals surface area contributed by atoms with Crippen LogP contribution in [0.15, 0.2) is 98.3 Å². The summed E-state index contributed by atoms with van der Waals surface area (Å²) in [6.07, 6.45) is 3.78. The number of esters is 3. The van der Waals surface area contributed by atoms with Gasteiger partial charge >= 0.3 is 17.9 Å². The van der Waals surface area contributed by atoms with Gasteiger partial charge in [-0.25, -0.2) is 9.59 Å². The van der Waals surface area contributed by atoms with E-state index in [0.717, 1.165) is 35.6 Å². The first-order valence-electron chi connectivity index (χ1n) is 12.4. The fourth-order valence-electron chi connectivity index (χ4n) is 3.34. The number of unbranched alkanes of at least 4 members (excludes halogenated alkanes) is 1. The zero-order valence-electron chi connectivity index (χ0n) is 21.5. The maximum Gasteiger partial charge on any atom is 0.343 e. The lowest BCUT2D eigenvalue weighted by atomic mass is 10.0. The lowest BCUT2D eigenvalue weighted by Crippen LogP contribution is -2.08. The van der Waals surface area contributed by atoms with E-state index in [1.54, 1.807) is 36.4 Å². The highest BCUT2D eigenvalue weighted by Gasteiger charge is 2.10. The predicted octanol–water partition coefficient (Wildman–Crippen LogP) is 5.92. The van der Waals surface area contributed by atoms with Crippen molar-refractivity contribution in [3.8, 4) is 28.4 Å². The third-order valence-corrected chi connectivity index (χ3v) is 5.35. The van der Waals surface area contributed by atoms with Crippen molar-refractivity contribution in [3.63, 3.8) is 0 Å². The molecule has 0 saturated heterocycles. The molecule has 0 atom stereocenters. The Morgan fingerprint density at radius 3 is 1.82 bits per heavy atom. The van der Waals surface area contributed by atoms with Gasteiger partial charge in [0.05, 0.1) is 38.1 Å². The van der Waals surface area contributed by atoms with Crippen LogP contribution in [0.3, 0.4) is 0 Å². The lowest BCUT2D eigenvalue weighted by molar-refractivity contribution is -0.139. The lowest BCUT2D eigenvalue weighted by Gasteiger charge is -2.09. The van der Waals surface area contributed by atoms with Gasteiger partial charge in [-0.05, 0) is 72.5 Å². The molecule has 0 fully saturated rings. The Morgan fingerprint density at radius 1 is 0.667 bits per heavy atom. The zero-order valence-corrected chi connectivity index (χ0v) is 21.5. The quantitative estimate of drug-likeness (QED) is 0.0786. The van der Waals surface area contributed by atoms with E-state index in [2.05, 4.69) is 17.9 Å². The van der Waals surface area contributed by atoms with Gasteiger partial charge in [-0.1, -0.05) is 37.4 Å². The van der Waals surface area contributed by atoms with Crippen molar-refractivity contribution in [1.82, 2.24) is 0 Å². The molecule has 0 heterocycles. The van der Waals surface area contributed by atoms with E-state index in [4.69, 9.17) is 18.9 Å². The molecule has 3 aromatic carbocycles. The summed E-state index contributed by atoms with van der Waals surface area (Å²) in [5.41, 5.74) is 2.34. The molecule has 3 rings (SSSR count). The molecule has 0 aromatic heterocycles. The molecule has 0 aliphatic rings. The zero-order chi connectivity index (χ0) is 27.9. The Morgan fingerprint density at radius 2 is 1.21 bits per heavy atom. The molecular weight excluding hydrogens is 500 g/mol. The van der Waals surface area contributed by atoms with Crippen LogP contribution in [0.2, 0.25) is 0 Å². The highest BCUT2D eigenvalue weighted by atomic mass is 16.5. The van der Waals surface area contributed by atoms with Gasteiger partial charge in [0.25, 0.3) is 0 Å². The van der Waals surface area contributed by atoms with Crippen molar-refractivity contribution in [2.45, 2.75) is 19.3 Å². The SMILES string of the molecule is C=COC(=O)CCOc1ccc(OC(=O)c2ccc(-c3ccc(OCCCCOC(=O)C=C)cc3)cc2)cc1. The number of ether oxygens (including phenoxy) is 5. The van der Waals surface area contributed by atoms with Crippen molar-refractivity contribution < 1.29 is 38.1 Å². The van der Waals surface area contributed by atoms with Crippen LogP contribution in [0.25, 0.3) is 11.1 Å². The van der Waals surface area contributed by atoms with Crippen LogP contribution in [0.5, 0.6) is 17.2 Å². The van der Waals surface area contributed by atoms with Crippen LogP contribution in [0.1, 0.15) is 29.6 Å². The number of benzene rings is 3. The maximum absolute atomic E-state index is 12.6. The largest absolute Gasteiger partial charge is 0.494 e. The van der Waals surface area contributed by atoms with Gasteiger partial charge in [0, 0.05) is 6.08 Å². The Labute approximate surface area is 227 Å². The predicted molar refractivity (Wildman–Crippen MR) is 146 cm³/mol. The molecule has 8 nitrogen and oxygen atoms in total. The Bertz CT molecular complexity index is 1250. The molecule has 0 unspecified atom stereocenters. The van der Waals surface area contributed by atoms with Crippen molar-refractivity contribution in [1.29, 1.82) is 0 Å². The van der Waals surface area contributed by atoms with Crippen LogP contribution in [-0.2, 0) is 19.1 Å². The van der Waals surface area contributed by atoms with Crippen LogP contribution in [-0.4, -0.2) is 37.7 Å². The fourth-order valence-corrected chi connectivity index (χ4v) is 3.34. The van der Waals surface area contributed by atoms with Gasteiger partial charge in [0.2, 0.25) is 0 Å². The summed E-state index contributed by atoms with van der Waals surface area (Å²) < 4.78 is 26.2. The summed E-state index contributed by atoms with van der Waals surface area (Å²) in [5, 5.41) is 0. The molecular formula is C31H30O8. The van der Waals surface area contributed by atoms with Crippen LogP contribution in [0, 0.1) is 0 Å². The summed E-state index contributed by atoms with van der Waals surface area (Å²) in [7, 11) is 0. The highest BCUT2D eigenvalue weighted by Crippen LogP contribution is 2.24. The summed E-state index contributed by atoms with van der Waals surface area (Å²) in [5.74, 6) is 0.321. The molecule has 0 amide bonds. The molecule has 0 bridgehead atoms. The summed E-state index contributed by atoms with van der Waals surface area (Å²) >= 11 is 0. The van der Waals surface area contributed by atoms with Gasteiger partial charge in [0.1, 0.15) is 17.2 Å². The summed E-state index contributed by atoms with van der Waals surface area (Å²) in [6.45, 7) is 7.69. The van der Waals surface area contributed by atoms with E-state index < -0.39 is 17.9 Å². The van der Waals surface area contributed by atoms with Gasteiger partial charge in [-0.2, -0.15) is 0 Å². The second kappa shape index (κ2) is 15.4. The van der Waals surface area contributed by atoms with E-state index in [9.17, 15) is 14.4 Å². The number of carbonyl (C=O) groups excluding carboxylic acids is 3. The molecule has 8 heteroatoms. The molecule has 0 radical (unpaired) electrons. The van der Waals surface area contributed by atoms with E-state index in [1.165, 1.54) is 0 Å². The van der Waals surface area contributed by atoms with Crippen LogP contribution >= 0.6 is 0 Å². The fraction of sp³-hybridized carbons (Fsp3) is 0.194. The third kappa shape index (κ3) is 9.85. The highest BCUT2D eigenvalue weighted by molar-refractivity contribution is 5.91. The molecule has 0 aliphatic heterocycles. The smallest absolute Gasteiger partial charge is 0.343 e. The van der Waals surface area contributed by atoms with Crippen molar-refractivity contribution in [3.05, 3.63) is 104 Å². The second-order valence-electron chi connectivity index (χ2n) is 8.14. The van der Waals surface area contributed by atoms with Gasteiger partial charge in [0.15, 0.2) is 0 Å².